The maximum atomic E-state index is 12.7. The van der Waals surface area contributed by atoms with Gasteiger partial charge < -0.3 is 10.2 Å². The van der Waals surface area contributed by atoms with E-state index in [0.717, 1.165) is 19.5 Å². The monoisotopic (exact) mass is 236 g/mol. The van der Waals surface area contributed by atoms with Gasteiger partial charge in [0.25, 0.3) is 5.91 Å². The topological polar surface area (TPSA) is 32.3 Å². The first kappa shape index (κ1) is 12.0. The SMILES string of the molecule is CN(CCC1CCN1)C(=O)c1ccc(F)cc1. The van der Waals surface area contributed by atoms with Crippen molar-refractivity contribution in [3.63, 3.8) is 0 Å². The molecule has 92 valence electrons. The minimum atomic E-state index is -0.317. The van der Waals surface area contributed by atoms with Crippen LogP contribution in [0.25, 0.3) is 0 Å². The summed E-state index contributed by atoms with van der Waals surface area (Å²) in [5, 5.41) is 3.30. The molecule has 1 N–H and O–H groups in total. The summed E-state index contributed by atoms with van der Waals surface area (Å²) in [7, 11) is 1.78. The molecule has 0 saturated carbocycles. The highest BCUT2D eigenvalue weighted by molar-refractivity contribution is 5.93. The number of carbonyl (C=O) groups excluding carboxylic acids is 1. The molecular formula is C13H17FN2O. The Labute approximate surface area is 101 Å². The summed E-state index contributed by atoms with van der Waals surface area (Å²) in [6.45, 7) is 1.81. The molecule has 1 aromatic rings. The molecule has 2 rings (SSSR count). The molecular weight excluding hydrogens is 219 g/mol. The van der Waals surface area contributed by atoms with Crippen molar-refractivity contribution in [1.29, 1.82) is 0 Å². The predicted molar refractivity (Wildman–Crippen MR) is 64.4 cm³/mol. The molecule has 0 bridgehead atoms. The van der Waals surface area contributed by atoms with E-state index in [1.54, 1.807) is 11.9 Å². The average molecular weight is 236 g/mol. The number of nitrogens with one attached hydrogen (secondary N) is 1. The Bertz CT molecular complexity index is 387. The van der Waals surface area contributed by atoms with Crippen molar-refractivity contribution in [3.05, 3.63) is 35.6 Å². The molecule has 1 aliphatic rings. The Morgan fingerprint density at radius 2 is 2.12 bits per heavy atom. The van der Waals surface area contributed by atoms with E-state index >= 15 is 0 Å². The third-order valence-electron chi connectivity index (χ3n) is 3.18. The van der Waals surface area contributed by atoms with Crippen molar-refractivity contribution in [3.8, 4) is 0 Å². The van der Waals surface area contributed by atoms with Crippen LogP contribution in [-0.4, -0.2) is 37.0 Å². The molecule has 0 aliphatic carbocycles. The first-order chi connectivity index (χ1) is 8.16. The highest BCUT2D eigenvalue weighted by Gasteiger charge is 2.18. The highest BCUT2D eigenvalue weighted by Crippen LogP contribution is 2.10. The Morgan fingerprint density at radius 1 is 1.47 bits per heavy atom. The molecule has 17 heavy (non-hydrogen) atoms. The van der Waals surface area contributed by atoms with Gasteiger partial charge in [0.15, 0.2) is 0 Å². The first-order valence-corrected chi connectivity index (χ1v) is 5.91. The van der Waals surface area contributed by atoms with Gasteiger partial charge in [0.05, 0.1) is 0 Å². The van der Waals surface area contributed by atoms with Gasteiger partial charge in [0, 0.05) is 25.2 Å². The number of rotatable bonds is 4. The molecule has 1 unspecified atom stereocenters. The normalized spacial score (nSPS) is 18.6. The fourth-order valence-corrected chi connectivity index (χ4v) is 1.86. The summed E-state index contributed by atoms with van der Waals surface area (Å²) in [4.78, 5) is 13.6. The zero-order valence-corrected chi connectivity index (χ0v) is 9.95. The molecule has 0 aromatic heterocycles. The second-order valence-electron chi connectivity index (χ2n) is 4.46. The molecule has 3 nitrogen and oxygen atoms in total. The van der Waals surface area contributed by atoms with E-state index < -0.39 is 0 Å². The molecule has 1 fully saturated rings. The molecule has 1 atom stereocenters. The molecule has 1 amide bonds. The summed E-state index contributed by atoms with van der Waals surface area (Å²) < 4.78 is 12.7. The molecule has 1 heterocycles. The number of hydrogen-bond donors (Lipinski definition) is 1. The number of nitrogens with zero attached hydrogens (tertiary/aromatic N) is 1. The largest absolute Gasteiger partial charge is 0.342 e. The first-order valence-electron chi connectivity index (χ1n) is 5.91. The Hall–Kier alpha value is -1.42. The van der Waals surface area contributed by atoms with Crippen LogP contribution in [0, 0.1) is 5.82 Å². The van der Waals surface area contributed by atoms with Crippen LogP contribution in [0.4, 0.5) is 4.39 Å². The van der Waals surface area contributed by atoms with Crippen molar-refractivity contribution < 1.29 is 9.18 Å². The third-order valence-corrected chi connectivity index (χ3v) is 3.18. The summed E-state index contributed by atoms with van der Waals surface area (Å²) in [5.41, 5.74) is 0.537. The number of halogens is 1. The number of benzene rings is 1. The molecule has 4 heteroatoms. The Kier molecular flexibility index (Phi) is 3.74. The smallest absolute Gasteiger partial charge is 0.253 e. The van der Waals surface area contributed by atoms with Gasteiger partial charge >= 0.3 is 0 Å². The second-order valence-corrected chi connectivity index (χ2v) is 4.46. The second kappa shape index (κ2) is 5.27. The number of hydrogen-bond acceptors (Lipinski definition) is 2. The fourth-order valence-electron chi connectivity index (χ4n) is 1.86. The minimum Gasteiger partial charge on any atom is -0.342 e. The summed E-state index contributed by atoms with van der Waals surface area (Å²) in [6, 6.07) is 6.23. The van der Waals surface area contributed by atoms with Crippen LogP contribution < -0.4 is 5.32 Å². The van der Waals surface area contributed by atoms with Crippen molar-refractivity contribution in [2.45, 2.75) is 18.9 Å². The third kappa shape index (κ3) is 3.03. The Balaban J connectivity index is 1.87. The molecule has 1 aliphatic heterocycles. The summed E-state index contributed by atoms with van der Waals surface area (Å²) >= 11 is 0. The molecule has 0 spiro atoms. The van der Waals surface area contributed by atoms with Crippen LogP contribution in [0.5, 0.6) is 0 Å². The van der Waals surface area contributed by atoms with Gasteiger partial charge in [-0.2, -0.15) is 0 Å². The van der Waals surface area contributed by atoms with Crippen LogP contribution >= 0.6 is 0 Å². The van der Waals surface area contributed by atoms with Gasteiger partial charge in [-0.15, -0.1) is 0 Å². The van der Waals surface area contributed by atoms with Crippen molar-refractivity contribution in [2.75, 3.05) is 20.1 Å². The van der Waals surface area contributed by atoms with Gasteiger partial charge in [-0.1, -0.05) is 0 Å². The van der Waals surface area contributed by atoms with Crippen LogP contribution in [0.15, 0.2) is 24.3 Å². The lowest BCUT2D eigenvalue weighted by Crippen LogP contribution is -2.45. The lowest BCUT2D eigenvalue weighted by atomic mass is 10.0. The van der Waals surface area contributed by atoms with E-state index in [0.29, 0.717) is 11.6 Å². The maximum absolute atomic E-state index is 12.7. The van der Waals surface area contributed by atoms with Gasteiger partial charge in [-0.3, -0.25) is 4.79 Å². The van der Waals surface area contributed by atoms with Crippen molar-refractivity contribution in [2.24, 2.45) is 0 Å². The predicted octanol–water partition coefficient (Wildman–Crippen LogP) is 1.65. The minimum absolute atomic E-state index is 0.0516. The van der Waals surface area contributed by atoms with Crippen LogP contribution in [-0.2, 0) is 0 Å². The fraction of sp³-hybridized carbons (Fsp3) is 0.462. The maximum Gasteiger partial charge on any atom is 0.253 e. The van der Waals surface area contributed by atoms with E-state index in [-0.39, 0.29) is 11.7 Å². The average Bonchev–Trinajstić information content (AvgIpc) is 2.27. The van der Waals surface area contributed by atoms with Gasteiger partial charge in [-0.05, 0) is 43.7 Å². The molecule has 1 aromatic carbocycles. The zero-order valence-electron chi connectivity index (χ0n) is 9.95. The van der Waals surface area contributed by atoms with Gasteiger partial charge in [0.1, 0.15) is 5.82 Å². The van der Waals surface area contributed by atoms with Crippen LogP contribution in [0.2, 0.25) is 0 Å². The highest BCUT2D eigenvalue weighted by atomic mass is 19.1. The number of carbonyl (C=O) groups is 1. The zero-order chi connectivity index (χ0) is 12.3. The van der Waals surface area contributed by atoms with Crippen LogP contribution in [0.1, 0.15) is 23.2 Å². The molecule has 1 saturated heterocycles. The van der Waals surface area contributed by atoms with E-state index in [2.05, 4.69) is 5.32 Å². The summed E-state index contributed by atoms with van der Waals surface area (Å²) in [6.07, 6.45) is 2.17. The lowest BCUT2D eigenvalue weighted by molar-refractivity contribution is 0.0785. The van der Waals surface area contributed by atoms with E-state index in [1.165, 1.54) is 30.7 Å². The summed E-state index contributed by atoms with van der Waals surface area (Å²) in [5.74, 6) is -0.368. The van der Waals surface area contributed by atoms with E-state index in [9.17, 15) is 9.18 Å². The quantitative estimate of drug-likeness (QED) is 0.862. The van der Waals surface area contributed by atoms with Crippen molar-refractivity contribution in [1.82, 2.24) is 10.2 Å². The molecule has 0 radical (unpaired) electrons. The standard InChI is InChI=1S/C13H17FN2O/c1-16(9-7-12-6-8-15-12)13(17)10-2-4-11(14)5-3-10/h2-5,12,15H,6-9H2,1H3. The van der Waals surface area contributed by atoms with E-state index in [1.807, 2.05) is 0 Å². The Morgan fingerprint density at radius 3 is 2.65 bits per heavy atom. The van der Waals surface area contributed by atoms with Crippen LogP contribution in [0.3, 0.4) is 0 Å². The lowest BCUT2D eigenvalue weighted by Gasteiger charge is -2.29. The van der Waals surface area contributed by atoms with E-state index in [4.69, 9.17) is 0 Å². The van der Waals surface area contributed by atoms with Crippen molar-refractivity contribution >= 4 is 5.91 Å². The number of amides is 1. The van der Waals surface area contributed by atoms with Gasteiger partial charge in [0.2, 0.25) is 0 Å². The van der Waals surface area contributed by atoms with Gasteiger partial charge in [-0.25, -0.2) is 4.39 Å².